The fourth-order valence-electron chi connectivity index (χ4n) is 1.52. The summed E-state index contributed by atoms with van der Waals surface area (Å²) in [5, 5.41) is 0. The maximum atomic E-state index is 11.6. The summed E-state index contributed by atoms with van der Waals surface area (Å²) < 4.78 is 1.61. The van der Waals surface area contributed by atoms with Crippen molar-refractivity contribution in [3.8, 4) is 0 Å². The summed E-state index contributed by atoms with van der Waals surface area (Å²) in [6.07, 6.45) is 1.21. The molecular weight excluding hydrogens is 192 g/mol. The van der Waals surface area contributed by atoms with Crippen LogP contribution in [-0.2, 0) is 11.3 Å². The van der Waals surface area contributed by atoms with Gasteiger partial charge in [-0.25, -0.2) is 4.98 Å². The highest BCUT2D eigenvalue weighted by Gasteiger charge is 2.03. The van der Waals surface area contributed by atoms with E-state index in [1.807, 2.05) is 6.92 Å². The Bertz CT molecular complexity index is 421. The van der Waals surface area contributed by atoms with Gasteiger partial charge >= 0.3 is 0 Å². The zero-order valence-electron chi connectivity index (χ0n) is 9.41. The molecule has 4 nitrogen and oxygen atoms in total. The Labute approximate surface area is 89.0 Å². The molecule has 0 bridgehead atoms. The van der Waals surface area contributed by atoms with Crippen LogP contribution in [0.5, 0.6) is 0 Å². The molecule has 0 fully saturated rings. The van der Waals surface area contributed by atoms with E-state index >= 15 is 0 Å². The average molecular weight is 208 g/mol. The number of Topliss-reactive ketones (excluding diaryl/α,β-unsaturated/α-hetero) is 1. The van der Waals surface area contributed by atoms with Gasteiger partial charge in [0.25, 0.3) is 5.56 Å². The second-order valence-electron chi connectivity index (χ2n) is 3.74. The van der Waals surface area contributed by atoms with Gasteiger partial charge in [-0.1, -0.05) is 0 Å². The predicted molar refractivity (Wildman–Crippen MR) is 57.9 cm³/mol. The van der Waals surface area contributed by atoms with E-state index in [4.69, 9.17) is 0 Å². The third-order valence-electron chi connectivity index (χ3n) is 2.24. The zero-order valence-corrected chi connectivity index (χ0v) is 9.41. The molecule has 0 radical (unpaired) electrons. The summed E-state index contributed by atoms with van der Waals surface area (Å²) >= 11 is 0. The van der Waals surface area contributed by atoms with Crippen molar-refractivity contribution in [2.45, 2.75) is 40.2 Å². The number of carbonyl (C=O) groups is 1. The number of aromatic nitrogens is 2. The van der Waals surface area contributed by atoms with Crippen molar-refractivity contribution in [2.24, 2.45) is 0 Å². The monoisotopic (exact) mass is 208 g/mol. The van der Waals surface area contributed by atoms with Crippen molar-refractivity contribution in [3.05, 3.63) is 27.9 Å². The summed E-state index contributed by atoms with van der Waals surface area (Å²) in [4.78, 5) is 26.5. The molecule has 0 spiro atoms. The first-order valence-corrected chi connectivity index (χ1v) is 5.05. The summed E-state index contributed by atoms with van der Waals surface area (Å²) in [5.74, 6) is 0.865. The fraction of sp³-hybridized carbons (Fsp3) is 0.545. The van der Waals surface area contributed by atoms with Gasteiger partial charge < -0.3 is 4.79 Å². The number of carbonyl (C=O) groups excluding carboxylic acids is 1. The number of nitrogens with zero attached hydrogens (tertiary/aromatic N) is 2. The molecule has 0 amide bonds. The molecule has 4 heteroatoms. The number of hydrogen-bond donors (Lipinski definition) is 0. The van der Waals surface area contributed by atoms with E-state index in [0.717, 1.165) is 5.69 Å². The largest absolute Gasteiger partial charge is 0.300 e. The second-order valence-corrected chi connectivity index (χ2v) is 3.74. The predicted octanol–water partition coefficient (Wildman–Crippen LogP) is 1.23. The second kappa shape index (κ2) is 4.87. The van der Waals surface area contributed by atoms with Crippen LogP contribution in [0.2, 0.25) is 0 Å². The highest BCUT2D eigenvalue weighted by Crippen LogP contribution is 1.98. The SMILES string of the molecule is CC(=O)CCCn1c(C)nc(C)cc1=O. The highest BCUT2D eigenvalue weighted by molar-refractivity contribution is 5.75. The Hall–Kier alpha value is -1.45. The molecule has 0 aromatic carbocycles. The van der Waals surface area contributed by atoms with Crippen LogP contribution in [0.25, 0.3) is 0 Å². The van der Waals surface area contributed by atoms with Crippen LogP contribution >= 0.6 is 0 Å². The molecule has 1 heterocycles. The smallest absolute Gasteiger partial charge is 0.253 e. The van der Waals surface area contributed by atoms with Crippen LogP contribution in [0.1, 0.15) is 31.3 Å². The fourth-order valence-corrected chi connectivity index (χ4v) is 1.52. The lowest BCUT2D eigenvalue weighted by Gasteiger charge is -2.08. The minimum Gasteiger partial charge on any atom is -0.300 e. The van der Waals surface area contributed by atoms with Gasteiger partial charge in [-0.3, -0.25) is 9.36 Å². The minimum atomic E-state index is -0.0384. The molecule has 1 aromatic rings. The van der Waals surface area contributed by atoms with Gasteiger partial charge in [0.2, 0.25) is 0 Å². The van der Waals surface area contributed by atoms with Gasteiger partial charge in [-0.15, -0.1) is 0 Å². The number of hydrogen-bond acceptors (Lipinski definition) is 3. The van der Waals surface area contributed by atoms with E-state index in [9.17, 15) is 9.59 Å². The lowest BCUT2D eigenvalue weighted by Crippen LogP contribution is -2.23. The Balaban J connectivity index is 2.77. The number of aryl methyl sites for hydroxylation is 2. The van der Waals surface area contributed by atoms with Gasteiger partial charge in [0.15, 0.2) is 0 Å². The van der Waals surface area contributed by atoms with Crippen LogP contribution in [0.15, 0.2) is 10.9 Å². The molecule has 0 aliphatic heterocycles. The Morgan fingerprint density at radius 3 is 2.67 bits per heavy atom. The van der Waals surface area contributed by atoms with Crippen LogP contribution in [0, 0.1) is 13.8 Å². The quantitative estimate of drug-likeness (QED) is 0.747. The summed E-state index contributed by atoms with van der Waals surface area (Å²) in [6.45, 7) is 5.73. The van der Waals surface area contributed by atoms with E-state index in [1.54, 1.807) is 18.4 Å². The molecule has 0 saturated carbocycles. The molecule has 0 saturated heterocycles. The Kier molecular flexibility index (Phi) is 3.77. The normalized spacial score (nSPS) is 10.3. The first-order chi connectivity index (χ1) is 7.00. The van der Waals surface area contributed by atoms with Crippen molar-refractivity contribution in [1.29, 1.82) is 0 Å². The zero-order chi connectivity index (χ0) is 11.4. The highest BCUT2D eigenvalue weighted by atomic mass is 16.1. The molecule has 0 N–H and O–H groups in total. The molecule has 1 rings (SSSR count). The number of rotatable bonds is 4. The first kappa shape index (κ1) is 11.6. The van der Waals surface area contributed by atoms with E-state index in [1.165, 1.54) is 6.07 Å². The standard InChI is InChI=1S/C11H16N2O2/c1-8-7-11(15)13(10(3)12-8)6-4-5-9(2)14/h7H,4-6H2,1-3H3. The van der Waals surface area contributed by atoms with Crippen molar-refractivity contribution < 1.29 is 4.79 Å². The minimum absolute atomic E-state index is 0.0384. The summed E-state index contributed by atoms with van der Waals surface area (Å²) in [6, 6.07) is 1.51. The maximum Gasteiger partial charge on any atom is 0.253 e. The molecule has 15 heavy (non-hydrogen) atoms. The van der Waals surface area contributed by atoms with E-state index in [-0.39, 0.29) is 11.3 Å². The van der Waals surface area contributed by atoms with E-state index < -0.39 is 0 Å². The van der Waals surface area contributed by atoms with Gasteiger partial charge in [-0.2, -0.15) is 0 Å². The molecular formula is C11H16N2O2. The molecule has 0 aliphatic rings. The molecule has 0 atom stereocenters. The van der Waals surface area contributed by atoms with Crippen molar-refractivity contribution >= 4 is 5.78 Å². The van der Waals surface area contributed by atoms with Crippen molar-refractivity contribution in [3.63, 3.8) is 0 Å². The van der Waals surface area contributed by atoms with Gasteiger partial charge in [0.1, 0.15) is 11.6 Å². The van der Waals surface area contributed by atoms with E-state index in [0.29, 0.717) is 25.2 Å². The van der Waals surface area contributed by atoms with Crippen LogP contribution in [-0.4, -0.2) is 15.3 Å². The summed E-state index contributed by atoms with van der Waals surface area (Å²) in [5.41, 5.74) is 0.698. The van der Waals surface area contributed by atoms with Crippen LogP contribution < -0.4 is 5.56 Å². The van der Waals surface area contributed by atoms with Crippen molar-refractivity contribution in [1.82, 2.24) is 9.55 Å². The lowest BCUT2D eigenvalue weighted by molar-refractivity contribution is -0.117. The lowest BCUT2D eigenvalue weighted by atomic mass is 10.2. The first-order valence-electron chi connectivity index (χ1n) is 5.05. The Morgan fingerprint density at radius 1 is 1.47 bits per heavy atom. The van der Waals surface area contributed by atoms with Gasteiger partial charge in [0, 0.05) is 24.7 Å². The summed E-state index contributed by atoms with van der Waals surface area (Å²) in [7, 11) is 0. The molecule has 82 valence electrons. The van der Waals surface area contributed by atoms with Gasteiger partial charge in [-0.05, 0) is 27.2 Å². The van der Waals surface area contributed by atoms with Crippen molar-refractivity contribution in [2.75, 3.05) is 0 Å². The van der Waals surface area contributed by atoms with E-state index in [2.05, 4.69) is 4.98 Å². The molecule has 0 unspecified atom stereocenters. The van der Waals surface area contributed by atoms with Crippen LogP contribution in [0.3, 0.4) is 0 Å². The number of ketones is 1. The molecule has 1 aromatic heterocycles. The topological polar surface area (TPSA) is 52.0 Å². The van der Waals surface area contributed by atoms with Crippen LogP contribution in [0.4, 0.5) is 0 Å². The maximum absolute atomic E-state index is 11.6. The third kappa shape index (κ3) is 3.31. The molecule has 0 aliphatic carbocycles. The van der Waals surface area contributed by atoms with Gasteiger partial charge in [0.05, 0.1) is 0 Å². The Morgan fingerprint density at radius 2 is 2.13 bits per heavy atom. The average Bonchev–Trinajstić information content (AvgIpc) is 2.08. The third-order valence-corrected chi connectivity index (χ3v) is 2.24.